The molecule has 2 aromatic carbocycles. The molecule has 0 aliphatic heterocycles. The maximum Gasteiger partial charge on any atom is 0.323 e. The Morgan fingerprint density at radius 1 is 1.10 bits per heavy atom. The van der Waals surface area contributed by atoms with E-state index in [1.807, 2.05) is 25.1 Å². The van der Waals surface area contributed by atoms with E-state index in [1.165, 1.54) is 0 Å². The van der Waals surface area contributed by atoms with Crippen LogP contribution in [0.25, 0.3) is 0 Å². The molecule has 4 N–H and O–H groups in total. The molecule has 0 aromatic heterocycles. The third-order valence-corrected chi connectivity index (χ3v) is 3.15. The van der Waals surface area contributed by atoms with Crippen molar-refractivity contribution in [3.63, 3.8) is 0 Å². The number of aryl methyl sites for hydroxylation is 2. The number of hydrogen-bond acceptors (Lipinski definition) is 2. The molecule has 0 aliphatic rings. The lowest BCUT2D eigenvalue weighted by Crippen LogP contribution is -2.20. The highest BCUT2D eigenvalue weighted by Gasteiger charge is 2.08. The number of nitrogens with one attached hydrogen (secondary N) is 2. The van der Waals surface area contributed by atoms with Gasteiger partial charge in [-0.2, -0.15) is 0 Å². The van der Waals surface area contributed by atoms with Crippen molar-refractivity contribution in [1.82, 2.24) is 0 Å². The van der Waals surface area contributed by atoms with Crippen molar-refractivity contribution < 1.29 is 4.79 Å². The second kappa shape index (κ2) is 6.10. The van der Waals surface area contributed by atoms with E-state index in [2.05, 4.69) is 17.6 Å². The molecular formula is C16H19N3O. The summed E-state index contributed by atoms with van der Waals surface area (Å²) in [6, 6.07) is 12.8. The van der Waals surface area contributed by atoms with Crippen LogP contribution < -0.4 is 16.4 Å². The van der Waals surface area contributed by atoms with Gasteiger partial charge >= 0.3 is 6.03 Å². The summed E-state index contributed by atoms with van der Waals surface area (Å²) in [4.78, 5) is 12.0. The predicted molar refractivity (Wildman–Crippen MR) is 84.1 cm³/mol. The van der Waals surface area contributed by atoms with Crippen LogP contribution in [0, 0.1) is 6.92 Å². The molecule has 0 unspecified atom stereocenters. The first-order valence-electron chi connectivity index (χ1n) is 6.62. The lowest BCUT2D eigenvalue weighted by molar-refractivity contribution is 0.262. The zero-order valence-electron chi connectivity index (χ0n) is 11.7. The van der Waals surface area contributed by atoms with Gasteiger partial charge in [0, 0.05) is 17.1 Å². The fourth-order valence-corrected chi connectivity index (χ4v) is 2.04. The maximum absolute atomic E-state index is 12.0. The topological polar surface area (TPSA) is 67.2 Å². The zero-order chi connectivity index (χ0) is 14.5. The number of carbonyl (C=O) groups excluding carboxylic acids is 1. The fraction of sp³-hybridized carbons (Fsp3) is 0.188. The van der Waals surface area contributed by atoms with Crippen LogP contribution in [0.4, 0.5) is 21.9 Å². The minimum Gasteiger partial charge on any atom is -0.399 e. The smallest absolute Gasteiger partial charge is 0.323 e. The van der Waals surface area contributed by atoms with E-state index < -0.39 is 0 Å². The average Bonchev–Trinajstić information content (AvgIpc) is 2.43. The van der Waals surface area contributed by atoms with Crippen molar-refractivity contribution in [3.05, 3.63) is 53.6 Å². The van der Waals surface area contributed by atoms with Crippen LogP contribution in [-0.4, -0.2) is 6.03 Å². The molecular weight excluding hydrogens is 250 g/mol. The maximum atomic E-state index is 12.0. The van der Waals surface area contributed by atoms with E-state index >= 15 is 0 Å². The lowest BCUT2D eigenvalue weighted by atomic mass is 10.1. The molecule has 2 rings (SSSR count). The summed E-state index contributed by atoms with van der Waals surface area (Å²) in [5, 5.41) is 5.70. The normalized spacial score (nSPS) is 10.1. The van der Waals surface area contributed by atoms with E-state index in [0.717, 1.165) is 23.2 Å². The highest BCUT2D eigenvalue weighted by atomic mass is 16.2. The largest absolute Gasteiger partial charge is 0.399 e. The summed E-state index contributed by atoms with van der Waals surface area (Å²) in [6.45, 7) is 4.05. The summed E-state index contributed by atoms with van der Waals surface area (Å²) in [5.41, 5.74) is 10.0. The molecule has 4 nitrogen and oxygen atoms in total. The number of benzene rings is 2. The Balaban J connectivity index is 2.10. The minimum absolute atomic E-state index is 0.251. The van der Waals surface area contributed by atoms with Crippen LogP contribution in [0.2, 0.25) is 0 Å². The second-order valence-electron chi connectivity index (χ2n) is 4.66. The lowest BCUT2D eigenvalue weighted by Gasteiger charge is -2.13. The third-order valence-electron chi connectivity index (χ3n) is 3.15. The highest BCUT2D eigenvalue weighted by molar-refractivity contribution is 6.00. The Morgan fingerprint density at radius 3 is 2.45 bits per heavy atom. The molecule has 0 heterocycles. The quantitative estimate of drug-likeness (QED) is 0.742. The number of para-hydroxylation sites is 1. The van der Waals surface area contributed by atoms with Crippen molar-refractivity contribution in [2.24, 2.45) is 0 Å². The number of carbonyl (C=O) groups is 1. The van der Waals surface area contributed by atoms with E-state index in [9.17, 15) is 4.79 Å². The molecule has 0 saturated heterocycles. The van der Waals surface area contributed by atoms with Gasteiger partial charge in [0.1, 0.15) is 0 Å². The summed E-state index contributed by atoms with van der Waals surface area (Å²) in [7, 11) is 0. The van der Waals surface area contributed by atoms with Gasteiger partial charge in [-0.05, 0) is 48.7 Å². The van der Waals surface area contributed by atoms with Crippen LogP contribution in [0.3, 0.4) is 0 Å². The molecule has 2 aromatic rings. The molecule has 20 heavy (non-hydrogen) atoms. The van der Waals surface area contributed by atoms with Crippen molar-refractivity contribution in [3.8, 4) is 0 Å². The zero-order valence-corrected chi connectivity index (χ0v) is 11.7. The Kier molecular flexibility index (Phi) is 4.25. The molecule has 2 amide bonds. The monoisotopic (exact) mass is 269 g/mol. The number of nitrogens with two attached hydrogens (primary N) is 1. The third kappa shape index (κ3) is 3.29. The Hall–Kier alpha value is -2.49. The summed E-state index contributed by atoms with van der Waals surface area (Å²) in [6.07, 6.45) is 0.874. The van der Waals surface area contributed by atoms with Crippen LogP contribution in [0.15, 0.2) is 42.5 Å². The number of amides is 2. The predicted octanol–water partition coefficient (Wildman–Crippen LogP) is 3.78. The van der Waals surface area contributed by atoms with Gasteiger partial charge in [0.2, 0.25) is 0 Å². The Bertz CT molecular complexity index is 606. The number of nitrogen functional groups attached to an aromatic ring is 1. The number of rotatable bonds is 3. The van der Waals surface area contributed by atoms with E-state index in [-0.39, 0.29) is 6.03 Å². The van der Waals surface area contributed by atoms with Crippen LogP contribution in [0.5, 0.6) is 0 Å². The molecule has 0 atom stereocenters. The van der Waals surface area contributed by atoms with Crippen molar-refractivity contribution >= 4 is 23.1 Å². The molecule has 0 bridgehead atoms. The molecule has 0 aliphatic carbocycles. The molecule has 0 spiro atoms. The minimum atomic E-state index is -0.251. The first kappa shape index (κ1) is 13.9. The summed E-state index contributed by atoms with van der Waals surface area (Å²) < 4.78 is 0. The first-order chi connectivity index (χ1) is 9.60. The van der Waals surface area contributed by atoms with Crippen LogP contribution in [0.1, 0.15) is 18.1 Å². The second-order valence-corrected chi connectivity index (χ2v) is 4.66. The Labute approximate surface area is 119 Å². The van der Waals surface area contributed by atoms with Gasteiger partial charge in [0.25, 0.3) is 0 Å². The fourth-order valence-electron chi connectivity index (χ4n) is 2.04. The van der Waals surface area contributed by atoms with E-state index in [0.29, 0.717) is 11.4 Å². The number of hydrogen-bond donors (Lipinski definition) is 3. The number of anilines is 3. The van der Waals surface area contributed by atoms with Gasteiger partial charge in [-0.25, -0.2) is 4.79 Å². The van der Waals surface area contributed by atoms with Gasteiger partial charge in [0.15, 0.2) is 0 Å². The highest BCUT2D eigenvalue weighted by Crippen LogP contribution is 2.21. The Morgan fingerprint density at radius 2 is 1.80 bits per heavy atom. The van der Waals surface area contributed by atoms with Gasteiger partial charge in [-0.1, -0.05) is 25.1 Å². The SMILES string of the molecule is CCc1cccc(C)c1NC(=O)Nc1ccc(N)cc1. The molecule has 0 radical (unpaired) electrons. The summed E-state index contributed by atoms with van der Waals surface area (Å²) >= 11 is 0. The standard InChI is InChI=1S/C16H19N3O/c1-3-12-6-4-5-11(2)15(12)19-16(20)18-14-9-7-13(17)8-10-14/h4-10H,3,17H2,1-2H3,(H2,18,19,20). The van der Waals surface area contributed by atoms with Gasteiger partial charge in [-0.3, -0.25) is 0 Å². The van der Waals surface area contributed by atoms with Crippen molar-refractivity contribution in [1.29, 1.82) is 0 Å². The van der Waals surface area contributed by atoms with E-state index in [1.54, 1.807) is 24.3 Å². The molecule has 4 heteroatoms. The van der Waals surface area contributed by atoms with Gasteiger partial charge in [0.05, 0.1) is 0 Å². The van der Waals surface area contributed by atoms with Gasteiger partial charge < -0.3 is 16.4 Å². The van der Waals surface area contributed by atoms with Gasteiger partial charge in [-0.15, -0.1) is 0 Å². The molecule has 104 valence electrons. The average molecular weight is 269 g/mol. The van der Waals surface area contributed by atoms with Crippen LogP contribution in [-0.2, 0) is 6.42 Å². The van der Waals surface area contributed by atoms with Crippen LogP contribution >= 0.6 is 0 Å². The molecule has 0 saturated carbocycles. The summed E-state index contributed by atoms with van der Waals surface area (Å²) in [5.74, 6) is 0. The number of urea groups is 1. The first-order valence-corrected chi connectivity index (χ1v) is 6.62. The molecule has 0 fully saturated rings. The van der Waals surface area contributed by atoms with E-state index in [4.69, 9.17) is 5.73 Å². The van der Waals surface area contributed by atoms with Crippen molar-refractivity contribution in [2.45, 2.75) is 20.3 Å². The van der Waals surface area contributed by atoms with Crippen molar-refractivity contribution in [2.75, 3.05) is 16.4 Å².